The fourth-order valence-corrected chi connectivity index (χ4v) is 4.12. The molecule has 0 radical (unpaired) electrons. The first-order valence-electron chi connectivity index (χ1n) is 13.2. The molecule has 1 amide bonds. The molecule has 12 heteroatoms. The zero-order valence-electron chi connectivity index (χ0n) is 23.6. The standard InChI is InChI=1S/C29H34N2O10/c1-6-16(2)27(34)41-24-17(3)39-29(36)21(15-38-28(35)20(24)14-19-10-8-7-9-11-19)31-26(33)23-25(40-18(4)32)22(37-5)12-13-30-23/h7-13,16-17,20-21,24H,6,14-15H2,1-5H3,(H,31,33)/t16?,17-,20+,21?,24?/m0/s1. The fourth-order valence-electron chi connectivity index (χ4n) is 4.12. The Bertz CT molecular complexity index is 1270. The van der Waals surface area contributed by atoms with E-state index in [9.17, 15) is 24.0 Å². The minimum Gasteiger partial charge on any atom is -0.493 e. The molecule has 2 heterocycles. The van der Waals surface area contributed by atoms with E-state index >= 15 is 0 Å². The number of rotatable bonds is 9. The second-order valence-corrected chi connectivity index (χ2v) is 9.59. The summed E-state index contributed by atoms with van der Waals surface area (Å²) in [6.07, 6.45) is -0.306. The number of cyclic esters (lactones) is 2. The predicted octanol–water partition coefficient (Wildman–Crippen LogP) is 2.42. The number of esters is 4. The zero-order valence-corrected chi connectivity index (χ0v) is 23.6. The number of nitrogens with zero attached hydrogens (tertiary/aromatic N) is 1. The van der Waals surface area contributed by atoms with E-state index < -0.39 is 66.5 Å². The maximum Gasteiger partial charge on any atom is 0.332 e. The van der Waals surface area contributed by atoms with Crippen molar-refractivity contribution in [3.05, 3.63) is 53.9 Å². The molecule has 1 aliphatic heterocycles. The van der Waals surface area contributed by atoms with Crippen molar-refractivity contribution in [3.63, 3.8) is 0 Å². The minimum absolute atomic E-state index is 0.0622. The van der Waals surface area contributed by atoms with Crippen LogP contribution < -0.4 is 14.8 Å². The Morgan fingerprint density at radius 3 is 2.46 bits per heavy atom. The summed E-state index contributed by atoms with van der Waals surface area (Å²) in [6, 6.07) is 9.01. The van der Waals surface area contributed by atoms with Gasteiger partial charge < -0.3 is 29.0 Å². The second kappa shape index (κ2) is 14.2. The number of ether oxygens (including phenoxy) is 5. The van der Waals surface area contributed by atoms with Crippen LogP contribution in [0.4, 0.5) is 0 Å². The summed E-state index contributed by atoms with van der Waals surface area (Å²) in [5, 5.41) is 2.43. The topological polar surface area (TPSA) is 156 Å². The van der Waals surface area contributed by atoms with Gasteiger partial charge in [0, 0.05) is 19.2 Å². The molecule has 3 unspecified atom stereocenters. The molecule has 0 spiro atoms. The van der Waals surface area contributed by atoms with E-state index in [1.165, 1.54) is 26.3 Å². The summed E-state index contributed by atoms with van der Waals surface area (Å²) in [6.45, 7) is 5.60. The van der Waals surface area contributed by atoms with Crippen LogP contribution in [0.15, 0.2) is 42.6 Å². The number of carbonyl (C=O) groups is 5. The molecule has 0 bridgehead atoms. The van der Waals surface area contributed by atoms with Gasteiger partial charge in [0.2, 0.25) is 5.75 Å². The Hall–Kier alpha value is -4.48. The van der Waals surface area contributed by atoms with Gasteiger partial charge in [-0.2, -0.15) is 0 Å². The Balaban J connectivity index is 1.90. The second-order valence-electron chi connectivity index (χ2n) is 9.59. The van der Waals surface area contributed by atoms with Crippen LogP contribution in [0.1, 0.15) is 50.2 Å². The Labute approximate surface area is 237 Å². The van der Waals surface area contributed by atoms with Crippen LogP contribution in [-0.2, 0) is 39.8 Å². The van der Waals surface area contributed by atoms with Crippen LogP contribution in [-0.4, -0.2) is 66.7 Å². The van der Waals surface area contributed by atoms with Gasteiger partial charge in [-0.05, 0) is 25.3 Å². The lowest BCUT2D eigenvalue weighted by molar-refractivity contribution is -0.177. The molecule has 1 saturated heterocycles. The van der Waals surface area contributed by atoms with Crippen molar-refractivity contribution in [3.8, 4) is 11.5 Å². The van der Waals surface area contributed by atoms with Gasteiger partial charge in [0.25, 0.3) is 5.91 Å². The first kappa shape index (κ1) is 31.1. The van der Waals surface area contributed by atoms with Gasteiger partial charge in [-0.25, -0.2) is 9.78 Å². The molecule has 12 nitrogen and oxygen atoms in total. The molecule has 0 saturated carbocycles. The lowest BCUT2D eigenvalue weighted by Gasteiger charge is -2.30. The first-order valence-corrected chi connectivity index (χ1v) is 13.2. The number of nitrogens with one attached hydrogen (secondary N) is 1. The van der Waals surface area contributed by atoms with Crippen molar-refractivity contribution >= 4 is 29.8 Å². The molecular weight excluding hydrogens is 536 g/mol. The normalized spacial score (nSPS) is 21.6. The molecule has 41 heavy (non-hydrogen) atoms. The van der Waals surface area contributed by atoms with Crippen molar-refractivity contribution in [1.29, 1.82) is 0 Å². The summed E-state index contributed by atoms with van der Waals surface area (Å²) in [5.41, 5.74) is 0.442. The van der Waals surface area contributed by atoms with Crippen molar-refractivity contribution in [2.24, 2.45) is 11.8 Å². The molecule has 0 aliphatic carbocycles. The molecule has 1 N–H and O–H groups in total. The SMILES string of the molecule is CCC(C)C(=O)OC1[C@H](C)OC(=O)C(NC(=O)c2nccc(OC)c2OC(C)=O)COC(=O)[C@@H]1Cc1ccccc1. The lowest BCUT2D eigenvalue weighted by Crippen LogP contribution is -2.47. The maximum atomic E-state index is 13.4. The predicted molar refractivity (Wildman–Crippen MR) is 143 cm³/mol. The van der Waals surface area contributed by atoms with Crippen LogP contribution in [0, 0.1) is 11.8 Å². The summed E-state index contributed by atoms with van der Waals surface area (Å²) in [4.78, 5) is 68.1. The zero-order chi connectivity index (χ0) is 30.1. The molecular formula is C29H34N2O10. The molecule has 5 atom stereocenters. The van der Waals surface area contributed by atoms with Crippen LogP contribution in [0.5, 0.6) is 11.5 Å². The molecule has 1 aliphatic rings. The smallest absolute Gasteiger partial charge is 0.332 e. The number of benzene rings is 1. The van der Waals surface area contributed by atoms with E-state index in [2.05, 4.69) is 10.3 Å². The average molecular weight is 571 g/mol. The van der Waals surface area contributed by atoms with Gasteiger partial charge in [0.1, 0.15) is 18.6 Å². The number of hydrogen-bond donors (Lipinski definition) is 1. The summed E-state index contributed by atoms with van der Waals surface area (Å²) < 4.78 is 27.1. The van der Waals surface area contributed by atoms with E-state index in [1.54, 1.807) is 6.92 Å². The van der Waals surface area contributed by atoms with Crippen molar-refractivity contribution < 1.29 is 47.7 Å². The number of amides is 1. The molecule has 1 aromatic carbocycles. The summed E-state index contributed by atoms with van der Waals surface area (Å²) >= 11 is 0. The van der Waals surface area contributed by atoms with Crippen LogP contribution >= 0.6 is 0 Å². The molecule has 1 aromatic heterocycles. The van der Waals surface area contributed by atoms with Crippen molar-refractivity contribution in [2.45, 2.75) is 58.8 Å². The number of pyridine rings is 1. The van der Waals surface area contributed by atoms with E-state index in [0.717, 1.165) is 12.5 Å². The van der Waals surface area contributed by atoms with E-state index in [0.29, 0.717) is 6.42 Å². The molecule has 2 aromatic rings. The third-order valence-electron chi connectivity index (χ3n) is 6.56. The third kappa shape index (κ3) is 8.03. The number of aromatic nitrogens is 1. The van der Waals surface area contributed by atoms with Gasteiger partial charge in [-0.15, -0.1) is 0 Å². The highest BCUT2D eigenvalue weighted by atomic mass is 16.6. The van der Waals surface area contributed by atoms with E-state index in [4.69, 9.17) is 23.7 Å². The molecule has 220 valence electrons. The maximum absolute atomic E-state index is 13.4. The Morgan fingerprint density at radius 1 is 1.12 bits per heavy atom. The highest BCUT2D eigenvalue weighted by Gasteiger charge is 2.42. The number of carbonyl (C=O) groups excluding carboxylic acids is 5. The van der Waals surface area contributed by atoms with Crippen molar-refractivity contribution in [2.75, 3.05) is 13.7 Å². The minimum atomic E-state index is -1.45. The Morgan fingerprint density at radius 2 is 1.83 bits per heavy atom. The van der Waals surface area contributed by atoms with Gasteiger partial charge in [-0.1, -0.05) is 44.2 Å². The van der Waals surface area contributed by atoms with Gasteiger partial charge in [0.15, 0.2) is 23.6 Å². The largest absolute Gasteiger partial charge is 0.493 e. The Kier molecular flexibility index (Phi) is 10.8. The average Bonchev–Trinajstić information content (AvgIpc) is 2.99. The van der Waals surface area contributed by atoms with Crippen LogP contribution in [0.25, 0.3) is 0 Å². The lowest BCUT2D eigenvalue weighted by atomic mass is 9.91. The van der Waals surface area contributed by atoms with Gasteiger partial charge in [-0.3, -0.25) is 19.2 Å². The van der Waals surface area contributed by atoms with Gasteiger partial charge in [0.05, 0.1) is 13.0 Å². The molecule has 1 fully saturated rings. The quantitative estimate of drug-likeness (QED) is 0.349. The van der Waals surface area contributed by atoms with E-state index in [-0.39, 0.29) is 23.6 Å². The molecule has 3 rings (SSSR count). The fraction of sp³-hybridized carbons (Fsp3) is 0.448. The summed E-state index contributed by atoms with van der Waals surface area (Å²) in [7, 11) is 1.32. The number of hydrogen-bond acceptors (Lipinski definition) is 11. The van der Waals surface area contributed by atoms with Crippen LogP contribution in [0.3, 0.4) is 0 Å². The third-order valence-corrected chi connectivity index (χ3v) is 6.56. The monoisotopic (exact) mass is 570 g/mol. The number of methoxy groups -OCH3 is 1. The summed E-state index contributed by atoms with van der Waals surface area (Å²) in [5.74, 6) is -5.48. The highest BCUT2D eigenvalue weighted by Crippen LogP contribution is 2.30. The first-order chi connectivity index (χ1) is 19.5. The van der Waals surface area contributed by atoms with Gasteiger partial charge >= 0.3 is 23.9 Å². The van der Waals surface area contributed by atoms with Crippen molar-refractivity contribution in [1.82, 2.24) is 10.3 Å². The highest BCUT2D eigenvalue weighted by molar-refractivity contribution is 5.99. The van der Waals surface area contributed by atoms with Crippen LogP contribution in [0.2, 0.25) is 0 Å². The van der Waals surface area contributed by atoms with E-state index in [1.807, 2.05) is 37.3 Å².